The maximum Gasteiger partial charge on any atom is 0.0257 e. The first-order valence-electron chi connectivity index (χ1n) is 8.54. The summed E-state index contributed by atoms with van der Waals surface area (Å²) in [5, 5.41) is 3.63. The van der Waals surface area contributed by atoms with Gasteiger partial charge in [-0.1, -0.05) is 20.3 Å². The molecule has 0 aromatic heterocycles. The lowest BCUT2D eigenvalue weighted by molar-refractivity contribution is 0.00498. The third-order valence-electron chi connectivity index (χ3n) is 6.19. The number of rotatable bonds is 2. The van der Waals surface area contributed by atoms with Crippen LogP contribution in [-0.4, -0.2) is 36.6 Å². The Bertz CT molecular complexity index is 312. The van der Waals surface area contributed by atoms with E-state index in [0.29, 0.717) is 5.41 Å². The second kappa shape index (κ2) is 5.37. The summed E-state index contributed by atoms with van der Waals surface area (Å²) in [6.07, 6.45) is 11.5. The Morgan fingerprint density at radius 2 is 1.79 bits per heavy atom. The van der Waals surface area contributed by atoms with Crippen LogP contribution in [0.4, 0.5) is 0 Å². The number of likely N-dealkylation sites (N-methyl/N-ethyl adjacent to an activating group) is 1. The lowest BCUT2D eigenvalue weighted by atomic mass is 9.71. The van der Waals surface area contributed by atoms with E-state index in [9.17, 15) is 0 Å². The van der Waals surface area contributed by atoms with Gasteiger partial charge < -0.3 is 5.32 Å². The highest BCUT2D eigenvalue weighted by molar-refractivity contribution is 4.99. The Balaban J connectivity index is 1.77. The van der Waals surface area contributed by atoms with Crippen LogP contribution in [0.1, 0.15) is 65.2 Å². The molecule has 1 heterocycles. The average Bonchev–Trinajstić information content (AvgIpc) is 2.85. The highest BCUT2D eigenvalue weighted by atomic mass is 15.2. The van der Waals surface area contributed by atoms with Gasteiger partial charge in [-0.25, -0.2) is 0 Å². The molecule has 1 N–H and O–H groups in total. The summed E-state index contributed by atoms with van der Waals surface area (Å²) in [7, 11) is 2.17. The molecule has 19 heavy (non-hydrogen) atoms. The van der Waals surface area contributed by atoms with Crippen LogP contribution < -0.4 is 5.32 Å². The third-order valence-corrected chi connectivity index (χ3v) is 6.19. The molecule has 1 saturated heterocycles. The smallest absolute Gasteiger partial charge is 0.0257 e. The first-order valence-corrected chi connectivity index (χ1v) is 8.54. The molecule has 2 aliphatic carbocycles. The average molecular weight is 264 g/mol. The number of nitrogens with one attached hydrogen (secondary N) is 1. The van der Waals surface area contributed by atoms with Gasteiger partial charge in [0, 0.05) is 18.1 Å². The van der Waals surface area contributed by atoms with Crippen molar-refractivity contribution in [3.8, 4) is 0 Å². The normalized spacial score (nSPS) is 43.1. The Kier molecular flexibility index (Phi) is 3.92. The van der Waals surface area contributed by atoms with E-state index in [1.165, 1.54) is 57.9 Å². The Hall–Kier alpha value is -0.0800. The Labute approximate surface area is 119 Å². The van der Waals surface area contributed by atoms with Crippen LogP contribution in [0.3, 0.4) is 0 Å². The molecule has 3 aliphatic rings. The zero-order chi connectivity index (χ0) is 13.5. The van der Waals surface area contributed by atoms with E-state index in [-0.39, 0.29) is 0 Å². The first kappa shape index (κ1) is 13.9. The molecule has 4 atom stereocenters. The molecule has 110 valence electrons. The minimum Gasteiger partial charge on any atom is -0.315 e. The summed E-state index contributed by atoms with van der Waals surface area (Å²) in [5.74, 6) is 1.02. The van der Waals surface area contributed by atoms with E-state index in [2.05, 4.69) is 31.1 Å². The summed E-state index contributed by atoms with van der Waals surface area (Å²) >= 11 is 0. The molecule has 2 nitrogen and oxygen atoms in total. The third kappa shape index (κ3) is 2.71. The van der Waals surface area contributed by atoms with E-state index in [0.717, 1.165) is 24.0 Å². The number of likely N-dealkylation sites (tertiary alicyclic amines) is 1. The summed E-state index contributed by atoms with van der Waals surface area (Å²) in [4.78, 5) is 2.93. The van der Waals surface area contributed by atoms with E-state index in [4.69, 9.17) is 0 Å². The second-order valence-electron chi connectivity index (χ2n) is 8.01. The van der Waals surface area contributed by atoms with Crippen molar-refractivity contribution in [2.24, 2.45) is 11.3 Å². The lowest BCUT2D eigenvalue weighted by Gasteiger charge is -2.50. The fourth-order valence-electron chi connectivity index (χ4n) is 5.14. The van der Waals surface area contributed by atoms with Gasteiger partial charge in [0.2, 0.25) is 0 Å². The minimum absolute atomic E-state index is 0.545. The number of hydrogen-bond acceptors (Lipinski definition) is 2. The van der Waals surface area contributed by atoms with Crippen LogP contribution in [0.5, 0.6) is 0 Å². The van der Waals surface area contributed by atoms with Crippen LogP contribution in [0.15, 0.2) is 0 Å². The fourth-order valence-corrected chi connectivity index (χ4v) is 5.14. The van der Waals surface area contributed by atoms with Crippen molar-refractivity contribution in [3.63, 3.8) is 0 Å². The quantitative estimate of drug-likeness (QED) is 0.822. The number of fused-ring (bicyclic) bond motifs is 1. The van der Waals surface area contributed by atoms with Gasteiger partial charge in [0.25, 0.3) is 0 Å². The maximum absolute atomic E-state index is 3.63. The van der Waals surface area contributed by atoms with Gasteiger partial charge in [0.05, 0.1) is 0 Å². The van der Waals surface area contributed by atoms with E-state index >= 15 is 0 Å². The van der Waals surface area contributed by atoms with E-state index < -0.39 is 0 Å². The van der Waals surface area contributed by atoms with Crippen LogP contribution in [0.2, 0.25) is 0 Å². The SMILES string of the molecule is CNC1CCC(C)(C)CC1N1CCCC2CCCC21. The fraction of sp³-hybridized carbons (Fsp3) is 1.00. The predicted octanol–water partition coefficient (Wildman–Crippen LogP) is 3.42. The highest BCUT2D eigenvalue weighted by Gasteiger charge is 2.43. The van der Waals surface area contributed by atoms with Crippen molar-refractivity contribution in [2.75, 3.05) is 13.6 Å². The van der Waals surface area contributed by atoms with Crippen LogP contribution in [-0.2, 0) is 0 Å². The van der Waals surface area contributed by atoms with Gasteiger partial charge in [-0.15, -0.1) is 0 Å². The zero-order valence-corrected chi connectivity index (χ0v) is 13.1. The Morgan fingerprint density at radius 1 is 1.00 bits per heavy atom. The van der Waals surface area contributed by atoms with E-state index in [1.54, 1.807) is 0 Å². The van der Waals surface area contributed by atoms with Gasteiger partial charge in [-0.3, -0.25) is 4.90 Å². The molecule has 0 aromatic carbocycles. The highest BCUT2D eigenvalue weighted by Crippen LogP contribution is 2.43. The summed E-state index contributed by atoms with van der Waals surface area (Å²) < 4.78 is 0. The first-order chi connectivity index (χ1) is 9.11. The van der Waals surface area contributed by atoms with Crippen molar-refractivity contribution >= 4 is 0 Å². The molecule has 1 aliphatic heterocycles. The molecular weight excluding hydrogens is 232 g/mol. The zero-order valence-electron chi connectivity index (χ0n) is 13.1. The monoisotopic (exact) mass is 264 g/mol. The van der Waals surface area contributed by atoms with Crippen LogP contribution >= 0.6 is 0 Å². The summed E-state index contributed by atoms with van der Waals surface area (Å²) in [6.45, 7) is 6.31. The van der Waals surface area contributed by atoms with Gasteiger partial charge in [-0.05, 0) is 69.9 Å². The predicted molar refractivity (Wildman–Crippen MR) is 81.3 cm³/mol. The molecule has 3 rings (SSSR count). The van der Waals surface area contributed by atoms with Crippen LogP contribution in [0.25, 0.3) is 0 Å². The number of piperidine rings is 1. The number of nitrogens with zero attached hydrogens (tertiary/aromatic N) is 1. The van der Waals surface area contributed by atoms with Gasteiger partial charge in [0.1, 0.15) is 0 Å². The minimum atomic E-state index is 0.545. The molecular formula is C17H32N2. The van der Waals surface area contributed by atoms with Crippen molar-refractivity contribution in [3.05, 3.63) is 0 Å². The standard InChI is InChI=1S/C17H32N2/c1-17(2)10-9-14(18-3)16(12-17)19-11-5-7-13-6-4-8-15(13)19/h13-16,18H,4-12H2,1-3H3. The molecule has 0 bridgehead atoms. The molecule has 0 amide bonds. The molecule has 0 radical (unpaired) electrons. The second-order valence-corrected chi connectivity index (χ2v) is 8.01. The summed E-state index contributed by atoms with van der Waals surface area (Å²) in [5.41, 5.74) is 0.545. The van der Waals surface area contributed by atoms with Crippen molar-refractivity contribution in [1.82, 2.24) is 10.2 Å². The van der Waals surface area contributed by atoms with E-state index in [1.807, 2.05) is 0 Å². The van der Waals surface area contributed by atoms with Crippen molar-refractivity contribution < 1.29 is 0 Å². The largest absolute Gasteiger partial charge is 0.315 e. The lowest BCUT2D eigenvalue weighted by Crippen LogP contribution is -2.58. The van der Waals surface area contributed by atoms with Crippen molar-refractivity contribution in [2.45, 2.75) is 83.3 Å². The molecule has 0 aromatic rings. The molecule has 4 unspecified atom stereocenters. The topological polar surface area (TPSA) is 15.3 Å². The van der Waals surface area contributed by atoms with Gasteiger partial charge in [-0.2, -0.15) is 0 Å². The molecule has 0 spiro atoms. The molecule has 3 fully saturated rings. The van der Waals surface area contributed by atoms with Crippen molar-refractivity contribution in [1.29, 1.82) is 0 Å². The van der Waals surface area contributed by atoms with Crippen LogP contribution in [0, 0.1) is 11.3 Å². The van der Waals surface area contributed by atoms with Gasteiger partial charge in [0.15, 0.2) is 0 Å². The number of hydrogen-bond donors (Lipinski definition) is 1. The Morgan fingerprint density at radius 3 is 2.58 bits per heavy atom. The molecule has 2 saturated carbocycles. The summed E-state index contributed by atoms with van der Waals surface area (Å²) in [6, 6.07) is 2.44. The molecule has 2 heteroatoms. The van der Waals surface area contributed by atoms with Gasteiger partial charge >= 0.3 is 0 Å². The maximum atomic E-state index is 3.63.